The van der Waals surface area contributed by atoms with Gasteiger partial charge in [0.25, 0.3) is 0 Å². The first kappa shape index (κ1) is 23.1. The molecule has 0 spiro atoms. The van der Waals surface area contributed by atoms with E-state index in [-0.39, 0.29) is 28.3 Å². The molecule has 0 aliphatic heterocycles. The molecule has 180 valence electrons. The molecule has 0 aromatic heterocycles. The SMILES string of the molecule is CC1=CC[C@]2(C)CC[C@]3(C)[C@H](CC[C@@H]4[C@@]5(C)CCC(=O)C(C)(C)[C@H]5[C@H](O)C[C@]43C)[C@@H]2[C@@H]1C. The van der Waals surface area contributed by atoms with Crippen molar-refractivity contribution < 1.29 is 9.90 Å². The Bertz CT molecular complexity index is 855. The van der Waals surface area contributed by atoms with E-state index in [1.54, 1.807) is 5.57 Å². The van der Waals surface area contributed by atoms with Crippen molar-refractivity contribution in [1.29, 1.82) is 0 Å². The molecule has 5 aliphatic carbocycles. The minimum atomic E-state index is -0.406. The molecule has 0 radical (unpaired) electrons. The first-order valence-electron chi connectivity index (χ1n) is 13.6. The van der Waals surface area contributed by atoms with Gasteiger partial charge in [0.15, 0.2) is 0 Å². The van der Waals surface area contributed by atoms with Crippen LogP contribution in [0.25, 0.3) is 0 Å². The van der Waals surface area contributed by atoms with Crippen LogP contribution in [-0.4, -0.2) is 17.0 Å². The van der Waals surface area contributed by atoms with Crippen molar-refractivity contribution in [3.63, 3.8) is 0 Å². The molecular weight excluding hydrogens is 392 g/mol. The molecule has 0 unspecified atom stereocenters. The molecule has 32 heavy (non-hydrogen) atoms. The summed E-state index contributed by atoms with van der Waals surface area (Å²) in [7, 11) is 0. The molecule has 0 aromatic carbocycles. The number of hydrogen-bond acceptors (Lipinski definition) is 2. The summed E-state index contributed by atoms with van der Waals surface area (Å²) < 4.78 is 0. The fourth-order valence-corrected chi connectivity index (χ4v) is 11.3. The van der Waals surface area contributed by atoms with Gasteiger partial charge in [-0.2, -0.15) is 0 Å². The summed E-state index contributed by atoms with van der Waals surface area (Å²) in [6, 6.07) is 0. The molecule has 5 aliphatic rings. The third-order valence-corrected chi connectivity index (χ3v) is 13.2. The van der Waals surface area contributed by atoms with E-state index in [4.69, 9.17) is 0 Å². The molecule has 10 atom stereocenters. The number of aliphatic hydroxyl groups is 1. The third-order valence-electron chi connectivity index (χ3n) is 13.2. The van der Waals surface area contributed by atoms with E-state index in [0.717, 1.165) is 24.7 Å². The molecule has 4 saturated carbocycles. The first-order valence-corrected chi connectivity index (χ1v) is 13.6. The summed E-state index contributed by atoms with van der Waals surface area (Å²) in [5, 5.41) is 11.7. The Balaban J connectivity index is 1.59. The number of aliphatic hydroxyl groups excluding tert-OH is 1. The van der Waals surface area contributed by atoms with Crippen LogP contribution in [0.1, 0.15) is 107 Å². The van der Waals surface area contributed by atoms with Crippen LogP contribution >= 0.6 is 0 Å². The number of allylic oxidation sites excluding steroid dienone is 2. The molecule has 0 amide bonds. The van der Waals surface area contributed by atoms with E-state index < -0.39 is 5.41 Å². The zero-order valence-corrected chi connectivity index (χ0v) is 22.1. The number of fused-ring (bicyclic) bond motifs is 7. The van der Waals surface area contributed by atoms with E-state index in [0.29, 0.717) is 29.5 Å². The van der Waals surface area contributed by atoms with Gasteiger partial charge in [0.05, 0.1) is 6.10 Å². The molecule has 0 aromatic rings. The van der Waals surface area contributed by atoms with Crippen molar-refractivity contribution in [2.45, 2.75) is 113 Å². The van der Waals surface area contributed by atoms with Gasteiger partial charge < -0.3 is 5.11 Å². The number of rotatable bonds is 0. The molecule has 0 bridgehead atoms. The maximum atomic E-state index is 12.9. The molecule has 2 nitrogen and oxygen atoms in total. The van der Waals surface area contributed by atoms with Crippen LogP contribution in [0.2, 0.25) is 0 Å². The second-order valence-corrected chi connectivity index (χ2v) is 14.6. The van der Waals surface area contributed by atoms with Crippen molar-refractivity contribution >= 4 is 5.78 Å². The van der Waals surface area contributed by atoms with Crippen LogP contribution in [0, 0.1) is 56.7 Å². The first-order chi connectivity index (χ1) is 14.7. The number of ketones is 1. The smallest absolute Gasteiger partial charge is 0.138 e. The lowest BCUT2D eigenvalue weighted by Gasteiger charge is -2.73. The highest BCUT2D eigenvalue weighted by atomic mass is 16.3. The summed E-state index contributed by atoms with van der Waals surface area (Å²) in [4.78, 5) is 12.9. The van der Waals surface area contributed by atoms with Gasteiger partial charge in [0.2, 0.25) is 0 Å². The fourth-order valence-electron chi connectivity index (χ4n) is 11.3. The Kier molecular flexibility index (Phi) is 4.87. The Labute approximate surface area is 197 Å². The maximum absolute atomic E-state index is 12.9. The van der Waals surface area contributed by atoms with Crippen LogP contribution < -0.4 is 0 Å². The lowest BCUT2D eigenvalue weighted by molar-refractivity contribution is -0.261. The Morgan fingerprint density at radius 3 is 2.34 bits per heavy atom. The molecule has 4 fully saturated rings. The van der Waals surface area contributed by atoms with Gasteiger partial charge in [-0.1, -0.05) is 60.1 Å². The second-order valence-electron chi connectivity index (χ2n) is 14.6. The van der Waals surface area contributed by atoms with Gasteiger partial charge in [0, 0.05) is 17.8 Å². The number of carbonyl (C=O) groups excluding carboxylic acids is 1. The molecule has 2 heteroatoms. The molecule has 5 rings (SSSR count). The van der Waals surface area contributed by atoms with Crippen LogP contribution in [0.15, 0.2) is 11.6 Å². The van der Waals surface area contributed by atoms with Gasteiger partial charge in [-0.3, -0.25) is 4.79 Å². The molecule has 0 heterocycles. The highest BCUT2D eigenvalue weighted by Crippen LogP contribution is 2.76. The summed E-state index contributed by atoms with van der Waals surface area (Å²) in [5.41, 5.74) is 2.11. The number of carbonyl (C=O) groups is 1. The number of Topliss-reactive ketones (excluding diaryl/α,β-unsaturated/α-hetero) is 1. The quantitative estimate of drug-likeness (QED) is 0.404. The molecular formula is C30H48O2. The van der Waals surface area contributed by atoms with E-state index in [1.807, 2.05) is 0 Å². The van der Waals surface area contributed by atoms with Crippen molar-refractivity contribution in [3.8, 4) is 0 Å². The standard InChI is InChI=1S/C30H48O2/c1-18-11-13-27(5)15-16-29(7)20(24(27)19(18)2)9-10-22-28(6)14-12-23(32)26(3,4)25(28)21(31)17-30(22,29)8/h11,19-22,24-25,31H,9-10,12-17H2,1-8H3/t19-,20-,21-,22-,24+,25-,27-,28-,29-,30-/m1/s1. The minimum absolute atomic E-state index is 0.0621. The highest BCUT2D eigenvalue weighted by molar-refractivity contribution is 5.85. The van der Waals surface area contributed by atoms with Gasteiger partial charge in [-0.25, -0.2) is 0 Å². The monoisotopic (exact) mass is 440 g/mol. The van der Waals surface area contributed by atoms with Gasteiger partial charge in [0.1, 0.15) is 5.78 Å². The van der Waals surface area contributed by atoms with Crippen LogP contribution in [0.3, 0.4) is 0 Å². The number of hydrogen-bond donors (Lipinski definition) is 1. The van der Waals surface area contributed by atoms with Crippen molar-refractivity contribution in [2.24, 2.45) is 56.7 Å². The minimum Gasteiger partial charge on any atom is -0.393 e. The maximum Gasteiger partial charge on any atom is 0.138 e. The predicted octanol–water partition coefficient (Wildman–Crippen LogP) is 7.20. The van der Waals surface area contributed by atoms with E-state index in [9.17, 15) is 9.90 Å². The Hall–Kier alpha value is -0.630. The Morgan fingerprint density at radius 2 is 1.66 bits per heavy atom. The summed E-state index contributed by atoms with van der Waals surface area (Å²) in [6.07, 6.45) is 11.2. The summed E-state index contributed by atoms with van der Waals surface area (Å²) in [5.74, 6) is 3.25. The predicted molar refractivity (Wildman–Crippen MR) is 131 cm³/mol. The van der Waals surface area contributed by atoms with Crippen LogP contribution in [0.4, 0.5) is 0 Å². The molecule has 0 saturated heterocycles. The average molecular weight is 441 g/mol. The Morgan fingerprint density at radius 1 is 0.969 bits per heavy atom. The van der Waals surface area contributed by atoms with Crippen LogP contribution in [-0.2, 0) is 4.79 Å². The van der Waals surface area contributed by atoms with E-state index in [2.05, 4.69) is 61.5 Å². The third kappa shape index (κ3) is 2.60. The van der Waals surface area contributed by atoms with Gasteiger partial charge in [-0.15, -0.1) is 0 Å². The average Bonchev–Trinajstić information content (AvgIpc) is 2.69. The topological polar surface area (TPSA) is 37.3 Å². The summed E-state index contributed by atoms with van der Waals surface area (Å²) >= 11 is 0. The lowest BCUT2D eigenvalue weighted by atomic mass is 9.31. The van der Waals surface area contributed by atoms with Crippen molar-refractivity contribution in [3.05, 3.63) is 11.6 Å². The van der Waals surface area contributed by atoms with Crippen molar-refractivity contribution in [1.82, 2.24) is 0 Å². The zero-order chi connectivity index (χ0) is 23.5. The normalized spacial score (nSPS) is 56.9. The van der Waals surface area contributed by atoms with Crippen molar-refractivity contribution in [2.75, 3.05) is 0 Å². The molecule has 1 N–H and O–H groups in total. The second kappa shape index (κ2) is 6.73. The van der Waals surface area contributed by atoms with Crippen LogP contribution in [0.5, 0.6) is 0 Å². The lowest BCUT2D eigenvalue weighted by Crippen LogP contribution is -2.69. The van der Waals surface area contributed by atoms with Gasteiger partial charge >= 0.3 is 0 Å². The van der Waals surface area contributed by atoms with E-state index >= 15 is 0 Å². The summed E-state index contributed by atoms with van der Waals surface area (Å²) in [6.45, 7) is 19.3. The highest BCUT2D eigenvalue weighted by Gasteiger charge is 2.71. The zero-order valence-electron chi connectivity index (χ0n) is 22.1. The fraction of sp³-hybridized carbons (Fsp3) is 0.900. The van der Waals surface area contributed by atoms with Gasteiger partial charge in [-0.05, 0) is 97.2 Å². The van der Waals surface area contributed by atoms with E-state index in [1.165, 1.54) is 32.1 Å². The largest absolute Gasteiger partial charge is 0.393 e.